The van der Waals surface area contributed by atoms with E-state index in [-0.39, 0.29) is 11.4 Å². The number of rotatable bonds is 9. The summed E-state index contributed by atoms with van der Waals surface area (Å²) in [4.78, 5) is 9.66. The molecule has 0 amide bonds. The molecule has 4 aromatic rings. The van der Waals surface area contributed by atoms with Gasteiger partial charge in [-0.05, 0) is 66.9 Å². The highest BCUT2D eigenvalue weighted by Gasteiger charge is 2.56. The number of pyridine rings is 1. The molecule has 1 atom stereocenters. The molecule has 4 rings (SSSR count). The number of benzene rings is 2. The van der Waals surface area contributed by atoms with Crippen molar-refractivity contribution in [3.05, 3.63) is 83.7 Å². The number of hydrogen-bond donors (Lipinski definition) is 3. The fourth-order valence-corrected chi connectivity index (χ4v) is 4.97. The Labute approximate surface area is 221 Å². The first-order valence-corrected chi connectivity index (χ1v) is 12.7. The van der Waals surface area contributed by atoms with E-state index in [1.54, 1.807) is 38.1 Å². The van der Waals surface area contributed by atoms with Crippen molar-refractivity contribution < 1.29 is 23.4 Å². The number of halogens is 3. The number of fused-ring (bicyclic) bond motifs is 1. The molecular weight excluding hydrogens is 491 g/mol. The molecule has 0 saturated carbocycles. The van der Waals surface area contributed by atoms with Crippen molar-refractivity contribution in [2.45, 2.75) is 57.3 Å². The number of phenolic OH excluding ortho intramolecular Hbond substituents is 1. The fraction of sp³-hybridized carbons (Fsp3) is 0.367. The number of H-pyrrole nitrogens is 1. The van der Waals surface area contributed by atoms with Crippen LogP contribution in [0.25, 0.3) is 22.2 Å². The van der Waals surface area contributed by atoms with Gasteiger partial charge >= 0.3 is 6.18 Å². The van der Waals surface area contributed by atoms with Crippen LogP contribution in [0.1, 0.15) is 44.1 Å². The van der Waals surface area contributed by atoms with E-state index in [1.807, 2.05) is 50.4 Å². The number of nitrogens with one attached hydrogen (secondary N) is 1. The Morgan fingerprint density at radius 2 is 1.66 bits per heavy atom. The number of phenols is 1. The van der Waals surface area contributed by atoms with Crippen molar-refractivity contribution in [2.75, 3.05) is 13.6 Å². The maximum Gasteiger partial charge on any atom is 0.417 e. The lowest BCUT2D eigenvalue weighted by atomic mass is 9.72. The van der Waals surface area contributed by atoms with E-state index in [1.165, 1.54) is 6.07 Å². The zero-order valence-electron chi connectivity index (χ0n) is 22.1. The van der Waals surface area contributed by atoms with Gasteiger partial charge in [0.05, 0.1) is 16.7 Å². The van der Waals surface area contributed by atoms with E-state index in [0.29, 0.717) is 23.1 Å². The van der Waals surface area contributed by atoms with Crippen LogP contribution in [-0.2, 0) is 18.4 Å². The second-order valence-electron chi connectivity index (χ2n) is 10.7. The zero-order chi connectivity index (χ0) is 27.7. The SMILES string of the molecule is CCN(C)Cc1ccc2[nH]c(CC(O)(CC(C)(C)c3cc(-c4ccccc4)ccc3O)C(F)(F)F)cc2n1. The van der Waals surface area contributed by atoms with E-state index in [0.717, 1.165) is 23.4 Å². The van der Waals surface area contributed by atoms with Crippen molar-refractivity contribution in [3.8, 4) is 16.9 Å². The van der Waals surface area contributed by atoms with Gasteiger partial charge in [0, 0.05) is 24.2 Å². The average molecular weight is 526 g/mol. The van der Waals surface area contributed by atoms with E-state index in [4.69, 9.17) is 0 Å². The molecule has 0 aliphatic heterocycles. The van der Waals surface area contributed by atoms with Gasteiger partial charge in [-0.15, -0.1) is 0 Å². The molecule has 0 spiro atoms. The van der Waals surface area contributed by atoms with Crippen molar-refractivity contribution in [1.82, 2.24) is 14.9 Å². The molecule has 1 unspecified atom stereocenters. The van der Waals surface area contributed by atoms with Crippen LogP contribution < -0.4 is 0 Å². The molecular formula is C30H34F3N3O2. The normalized spacial score (nSPS) is 14.2. The molecule has 2 heterocycles. The van der Waals surface area contributed by atoms with Crippen LogP contribution in [0.5, 0.6) is 5.75 Å². The first kappa shape index (κ1) is 27.7. The monoisotopic (exact) mass is 525 g/mol. The molecule has 38 heavy (non-hydrogen) atoms. The summed E-state index contributed by atoms with van der Waals surface area (Å²) in [7, 11) is 1.97. The van der Waals surface area contributed by atoms with Crippen molar-refractivity contribution >= 4 is 11.0 Å². The van der Waals surface area contributed by atoms with Crippen LogP contribution in [0.3, 0.4) is 0 Å². The number of hydrogen-bond acceptors (Lipinski definition) is 4. The highest BCUT2D eigenvalue weighted by Crippen LogP contribution is 2.45. The van der Waals surface area contributed by atoms with Crippen LogP contribution in [0.15, 0.2) is 66.7 Å². The van der Waals surface area contributed by atoms with Gasteiger partial charge in [-0.25, -0.2) is 4.98 Å². The minimum absolute atomic E-state index is 0.112. The standard InChI is InChI=1S/C30H34F3N3O2/c1-5-36(4)18-22-12-13-25-26(34-22)16-23(35-25)17-29(38,30(31,32)33)19-28(2,3)24-15-21(11-14-27(24)37)20-9-7-6-8-10-20/h6-16,35,37-38H,5,17-19H2,1-4H3. The topological polar surface area (TPSA) is 72.4 Å². The minimum atomic E-state index is -4.91. The molecule has 3 N–H and O–H groups in total. The van der Waals surface area contributed by atoms with Crippen LogP contribution in [0.4, 0.5) is 13.2 Å². The Hall–Kier alpha value is -3.36. The molecule has 8 heteroatoms. The molecule has 0 radical (unpaired) electrons. The summed E-state index contributed by atoms with van der Waals surface area (Å²) >= 11 is 0. The summed E-state index contributed by atoms with van der Waals surface area (Å²) in [6.45, 7) is 6.72. The number of aromatic nitrogens is 2. The first-order chi connectivity index (χ1) is 17.8. The van der Waals surface area contributed by atoms with Gasteiger partial charge in [-0.1, -0.05) is 57.2 Å². The molecule has 5 nitrogen and oxygen atoms in total. The summed E-state index contributed by atoms with van der Waals surface area (Å²) in [6.07, 6.45) is -6.22. The third kappa shape index (κ3) is 5.87. The van der Waals surface area contributed by atoms with Crippen LogP contribution in [0.2, 0.25) is 0 Å². The maximum atomic E-state index is 14.4. The quantitative estimate of drug-likeness (QED) is 0.231. The van der Waals surface area contributed by atoms with E-state index >= 15 is 0 Å². The molecule has 0 fully saturated rings. The molecule has 0 bridgehead atoms. The second kappa shape index (κ2) is 10.4. The number of alkyl halides is 3. The van der Waals surface area contributed by atoms with Gasteiger partial charge in [-0.2, -0.15) is 13.2 Å². The summed E-state index contributed by atoms with van der Waals surface area (Å²) < 4.78 is 43.3. The summed E-state index contributed by atoms with van der Waals surface area (Å²) in [5.41, 5.74) is -0.0405. The lowest BCUT2D eigenvalue weighted by Crippen LogP contribution is -2.50. The maximum absolute atomic E-state index is 14.4. The Bertz CT molecular complexity index is 1400. The summed E-state index contributed by atoms with van der Waals surface area (Å²) in [6, 6.07) is 19.5. The number of aliphatic hydroxyl groups is 1. The highest BCUT2D eigenvalue weighted by molar-refractivity contribution is 5.76. The zero-order valence-corrected chi connectivity index (χ0v) is 22.1. The van der Waals surface area contributed by atoms with Crippen LogP contribution in [0, 0.1) is 0 Å². The Morgan fingerprint density at radius 3 is 2.32 bits per heavy atom. The number of nitrogens with zero attached hydrogens (tertiary/aromatic N) is 2. The number of aromatic amines is 1. The first-order valence-electron chi connectivity index (χ1n) is 12.7. The lowest BCUT2D eigenvalue weighted by Gasteiger charge is -2.38. The van der Waals surface area contributed by atoms with Crippen molar-refractivity contribution in [3.63, 3.8) is 0 Å². The lowest BCUT2D eigenvalue weighted by molar-refractivity contribution is -0.266. The largest absolute Gasteiger partial charge is 0.508 e. The molecule has 202 valence electrons. The Kier molecular flexibility index (Phi) is 7.59. The van der Waals surface area contributed by atoms with Crippen molar-refractivity contribution in [2.24, 2.45) is 0 Å². The van der Waals surface area contributed by atoms with Crippen LogP contribution >= 0.6 is 0 Å². The number of aromatic hydroxyl groups is 1. The van der Waals surface area contributed by atoms with E-state index < -0.39 is 30.0 Å². The fourth-order valence-electron chi connectivity index (χ4n) is 4.97. The van der Waals surface area contributed by atoms with Crippen LogP contribution in [-0.4, -0.2) is 50.5 Å². The van der Waals surface area contributed by atoms with E-state index in [9.17, 15) is 23.4 Å². The van der Waals surface area contributed by atoms with Gasteiger partial charge in [0.25, 0.3) is 0 Å². The molecule has 2 aromatic heterocycles. The second-order valence-corrected chi connectivity index (χ2v) is 10.7. The van der Waals surface area contributed by atoms with Gasteiger partial charge in [0.1, 0.15) is 5.75 Å². The molecule has 0 aliphatic rings. The summed E-state index contributed by atoms with van der Waals surface area (Å²) in [5, 5.41) is 21.8. The Morgan fingerprint density at radius 1 is 0.947 bits per heavy atom. The minimum Gasteiger partial charge on any atom is -0.508 e. The molecule has 0 aliphatic carbocycles. The van der Waals surface area contributed by atoms with Gasteiger partial charge < -0.3 is 20.1 Å². The van der Waals surface area contributed by atoms with E-state index in [2.05, 4.69) is 14.9 Å². The average Bonchev–Trinajstić information content (AvgIpc) is 3.24. The smallest absolute Gasteiger partial charge is 0.417 e. The third-order valence-corrected chi connectivity index (χ3v) is 7.14. The van der Waals surface area contributed by atoms with Gasteiger partial charge in [0.2, 0.25) is 0 Å². The Balaban J connectivity index is 1.65. The molecule has 2 aromatic carbocycles. The third-order valence-electron chi connectivity index (χ3n) is 7.14. The van der Waals surface area contributed by atoms with Crippen molar-refractivity contribution in [1.29, 1.82) is 0 Å². The highest BCUT2D eigenvalue weighted by atomic mass is 19.4. The van der Waals surface area contributed by atoms with Gasteiger partial charge in [-0.3, -0.25) is 0 Å². The van der Waals surface area contributed by atoms with Gasteiger partial charge in [0.15, 0.2) is 5.60 Å². The predicted octanol–water partition coefficient (Wildman–Crippen LogP) is 6.59. The predicted molar refractivity (Wildman–Crippen MR) is 144 cm³/mol. The molecule has 0 saturated heterocycles. The summed E-state index contributed by atoms with van der Waals surface area (Å²) in [5.74, 6) is -0.112.